The first-order valence-corrected chi connectivity index (χ1v) is 16.0. The van der Waals surface area contributed by atoms with E-state index < -0.39 is 40.4 Å². The van der Waals surface area contributed by atoms with E-state index in [0.29, 0.717) is 10.0 Å². The van der Waals surface area contributed by atoms with Crippen LogP contribution in [0.1, 0.15) is 16.5 Å². The maximum absolute atomic E-state index is 13.2. The van der Waals surface area contributed by atoms with Gasteiger partial charge in [0.05, 0.1) is 16.8 Å². The fourth-order valence-corrected chi connectivity index (χ4v) is 8.04. The normalized spacial score (nSPS) is 18.0. The Morgan fingerprint density at radius 2 is 2.09 bits per heavy atom. The molecular formula is C22H19N9O8S5. The zero-order valence-corrected chi connectivity index (χ0v) is 26.4. The summed E-state index contributed by atoms with van der Waals surface area (Å²) >= 11 is 9.97. The van der Waals surface area contributed by atoms with Crippen molar-refractivity contribution in [2.24, 2.45) is 5.16 Å². The number of pyridine rings is 1. The smallest absolute Gasteiger partial charge is 0.353 e. The second-order valence-corrected chi connectivity index (χ2v) is 13.1. The maximum atomic E-state index is 13.2. The van der Waals surface area contributed by atoms with Crippen molar-refractivity contribution in [3.8, 4) is 5.75 Å². The van der Waals surface area contributed by atoms with E-state index in [0.717, 1.165) is 34.0 Å². The molecule has 44 heavy (non-hydrogen) atoms. The molecule has 3 aromatic rings. The number of aromatic nitrogens is 5. The van der Waals surface area contributed by atoms with Gasteiger partial charge in [0.25, 0.3) is 11.8 Å². The van der Waals surface area contributed by atoms with Gasteiger partial charge in [0, 0.05) is 34.7 Å². The number of anilines is 1. The highest BCUT2D eigenvalue weighted by molar-refractivity contribution is 8.00. The molecule has 0 aliphatic carbocycles. The Labute approximate surface area is 268 Å². The van der Waals surface area contributed by atoms with Gasteiger partial charge >= 0.3 is 5.97 Å². The number of rotatable bonds is 11. The third kappa shape index (κ3) is 5.97. The summed E-state index contributed by atoms with van der Waals surface area (Å²) in [7, 11) is 2.60. The number of nitrogens with two attached hydrogens (primary N) is 1. The van der Waals surface area contributed by atoms with Crippen LogP contribution >= 0.6 is 58.6 Å². The highest BCUT2D eigenvalue weighted by atomic mass is 32.2. The van der Waals surface area contributed by atoms with Gasteiger partial charge in [-0.25, -0.2) is 4.79 Å². The summed E-state index contributed by atoms with van der Waals surface area (Å²) in [6, 6.07) is 0.165. The molecule has 22 heteroatoms. The molecule has 0 unspecified atom stereocenters. The van der Waals surface area contributed by atoms with E-state index in [1.165, 1.54) is 48.5 Å². The maximum Gasteiger partial charge on any atom is 0.353 e. The number of thioether (sulfide) groups is 2. The van der Waals surface area contributed by atoms with Crippen LogP contribution in [0, 0.1) is 0 Å². The number of aromatic hydroxyl groups is 1. The summed E-state index contributed by atoms with van der Waals surface area (Å²) in [4.78, 5) is 65.2. The van der Waals surface area contributed by atoms with Crippen molar-refractivity contribution in [3.63, 3.8) is 0 Å². The second kappa shape index (κ2) is 12.9. The first-order chi connectivity index (χ1) is 21.0. The monoisotopic (exact) mass is 697 g/mol. The molecule has 0 radical (unpaired) electrons. The summed E-state index contributed by atoms with van der Waals surface area (Å²) in [5.41, 5.74) is 5.07. The molecule has 1 saturated heterocycles. The molecule has 0 spiro atoms. The van der Waals surface area contributed by atoms with Crippen molar-refractivity contribution < 1.29 is 34.3 Å². The molecule has 0 saturated carbocycles. The van der Waals surface area contributed by atoms with E-state index in [4.69, 9.17) is 27.6 Å². The molecule has 230 valence electrons. The highest BCUT2D eigenvalue weighted by Crippen LogP contribution is 2.42. The fraction of sp³-hybridized carbons (Fsp3) is 0.273. The minimum atomic E-state index is -1.38. The number of amides is 2. The minimum Gasteiger partial charge on any atom is -0.503 e. The Morgan fingerprint density at radius 1 is 1.32 bits per heavy atom. The molecule has 5 heterocycles. The van der Waals surface area contributed by atoms with Crippen molar-refractivity contribution >= 4 is 92.1 Å². The van der Waals surface area contributed by atoms with Crippen LogP contribution in [0.2, 0.25) is 0 Å². The molecule has 2 aliphatic heterocycles. The van der Waals surface area contributed by atoms with Gasteiger partial charge in [-0.05, 0) is 0 Å². The molecule has 2 aliphatic rings. The number of thiocarbonyl (C=S) groups is 1. The number of fused-ring (bicyclic) bond motifs is 1. The number of carbonyl (C=O) groups is 3. The first-order valence-electron chi connectivity index (χ1n) is 12.0. The Balaban J connectivity index is 1.31. The lowest BCUT2D eigenvalue weighted by molar-refractivity contribution is -0.150. The van der Waals surface area contributed by atoms with Crippen LogP contribution in [0.3, 0.4) is 0 Å². The molecule has 5 N–H and O–H groups in total. The third-order valence-corrected chi connectivity index (χ3v) is 10.5. The SMILES string of the molecule is CON=C(C(=O)N[C@@H]1C(=O)N2C(C(=O)O)=C(C(=S)c3nnc(SCc4cc(=O)c(O)cn4OC)s3)CS[C@@H]12)c1nsc(N)n1. The number of nitrogens with one attached hydrogen (secondary N) is 1. The van der Waals surface area contributed by atoms with Crippen LogP contribution in [0.4, 0.5) is 5.13 Å². The van der Waals surface area contributed by atoms with E-state index in [2.05, 4.69) is 30.0 Å². The molecule has 5 rings (SSSR count). The zero-order chi connectivity index (χ0) is 31.7. The summed E-state index contributed by atoms with van der Waals surface area (Å²) in [6.45, 7) is 0. The average Bonchev–Trinajstić information content (AvgIpc) is 3.66. The second-order valence-electron chi connectivity index (χ2n) is 8.59. The number of carboxylic acid groups (broad SMARTS) is 1. The third-order valence-electron chi connectivity index (χ3n) is 6.00. The van der Waals surface area contributed by atoms with Crippen LogP contribution in [0.15, 0.2) is 37.8 Å². The molecule has 1 fully saturated rings. The number of nitrogens with zero attached hydrogens (tertiary/aromatic N) is 7. The number of oxime groups is 1. The molecule has 0 bridgehead atoms. The Bertz CT molecular complexity index is 1800. The van der Waals surface area contributed by atoms with Crippen molar-refractivity contribution in [3.05, 3.63) is 50.3 Å². The standard InChI is InChI=1S/C22H19N9O8S5/c1-38-28-11(15-25-21(23)44-29-15)16(34)24-12-18(35)31-13(20(36)37)8(6-41-19(12)31)14(40)17-26-27-22(43-17)42-5-7-3-9(32)10(33)4-30(7)39-2/h3-4,12,19,33H,5-6H2,1-2H3,(H,24,34)(H,36,37)(H2,23,25,29)/t12-,19+/m1/s1. The largest absolute Gasteiger partial charge is 0.503 e. The lowest BCUT2D eigenvalue weighted by atomic mass is 10.0. The predicted octanol–water partition coefficient (Wildman–Crippen LogP) is -0.303. The lowest BCUT2D eigenvalue weighted by Gasteiger charge is -2.49. The number of β-lactam (4-membered cyclic amide) rings is 1. The van der Waals surface area contributed by atoms with Gasteiger partial charge in [-0.2, -0.15) is 14.1 Å². The van der Waals surface area contributed by atoms with Gasteiger partial charge in [-0.3, -0.25) is 19.3 Å². The van der Waals surface area contributed by atoms with Crippen LogP contribution in [-0.4, -0.2) is 99.1 Å². The quantitative estimate of drug-likeness (QED) is 0.0502. The Hall–Kier alpha value is -4.12. The van der Waals surface area contributed by atoms with Crippen molar-refractivity contribution in [2.45, 2.75) is 21.5 Å². The van der Waals surface area contributed by atoms with Crippen LogP contribution in [0.5, 0.6) is 5.75 Å². The van der Waals surface area contributed by atoms with E-state index in [1.54, 1.807) is 0 Å². The number of carboxylic acids is 1. The van der Waals surface area contributed by atoms with Gasteiger partial charge in [-0.15, -0.1) is 22.0 Å². The van der Waals surface area contributed by atoms with Gasteiger partial charge in [0.1, 0.15) is 31.3 Å². The van der Waals surface area contributed by atoms with Crippen LogP contribution < -0.4 is 21.3 Å². The number of nitrogen functional groups attached to an aromatic ring is 1. The Kier molecular flexibility index (Phi) is 9.15. The topological polar surface area (TPSA) is 237 Å². The van der Waals surface area contributed by atoms with Crippen LogP contribution in [0.25, 0.3) is 0 Å². The fourth-order valence-electron chi connectivity index (χ4n) is 4.06. The van der Waals surface area contributed by atoms with E-state index in [-0.39, 0.29) is 49.3 Å². The first kappa shape index (κ1) is 31.3. The van der Waals surface area contributed by atoms with Gasteiger partial charge in [0.15, 0.2) is 20.2 Å². The van der Waals surface area contributed by atoms with Crippen molar-refractivity contribution in [1.82, 2.24) is 34.5 Å². The number of carbonyl (C=O) groups excluding carboxylic acids is 2. The van der Waals surface area contributed by atoms with Gasteiger partial charge in [-0.1, -0.05) is 40.5 Å². The lowest BCUT2D eigenvalue weighted by Crippen LogP contribution is -2.71. The number of aliphatic carboxylic acids is 1. The molecule has 17 nitrogen and oxygen atoms in total. The van der Waals surface area contributed by atoms with E-state index in [9.17, 15) is 29.4 Å². The molecule has 2 amide bonds. The van der Waals surface area contributed by atoms with E-state index >= 15 is 0 Å². The Morgan fingerprint density at radius 3 is 2.75 bits per heavy atom. The summed E-state index contributed by atoms with van der Waals surface area (Å²) in [5, 5.41) is 33.7. The summed E-state index contributed by atoms with van der Waals surface area (Å²) in [6.07, 6.45) is 1.15. The summed E-state index contributed by atoms with van der Waals surface area (Å²) in [5.74, 6) is -3.04. The van der Waals surface area contributed by atoms with Crippen molar-refractivity contribution in [2.75, 3.05) is 25.7 Å². The number of hydrogen-bond acceptors (Lipinski definition) is 18. The van der Waals surface area contributed by atoms with Gasteiger partial charge < -0.3 is 30.9 Å². The average molecular weight is 698 g/mol. The number of hydrogen-bond donors (Lipinski definition) is 4. The van der Waals surface area contributed by atoms with E-state index in [1.807, 2.05) is 0 Å². The molecule has 3 aromatic heterocycles. The van der Waals surface area contributed by atoms with Crippen LogP contribution in [-0.2, 0) is 25.0 Å². The highest BCUT2D eigenvalue weighted by Gasteiger charge is 2.55. The van der Waals surface area contributed by atoms with Crippen molar-refractivity contribution in [1.29, 1.82) is 0 Å². The predicted molar refractivity (Wildman–Crippen MR) is 164 cm³/mol. The van der Waals surface area contributed by atoms with Gasteiger partial charge in [0.2, 0.25) is 17.0 Å². The summed E-state index contributed by atoms with van der Waals surface area (Å²) < 4.78 is 5.65. The molecular weight excluding hydrogens is 679 g/mol. The zero-order valence-electron chi connectivity index (χ0n) is 22.3. The molecule has 2 atom stereocenters. The minimum absolute atomic E-state index is 0.0868. The molecule has 0 aromatic carbocycles.